The van der Waals surface area contributed by atoms with E-state index < -0.39 is 6.36 Å². The molecule has 0 aliphatic carbocycles. The van der Waals surface area contributed by atoms with E-state index in [1.54, 1.807) is 24.3 Å². The highest BCUT2D eigenvalue weighted by molar-refractivity contribution is 5.95. The third-order valence-electron chi connectivity index (χ3n) is 3.77. The number of anilines is 5. The van der Waals surface area contributed by atoms with E-state index in [0.717, 1.165) is 0 Å². The highest BCUT2D eigenvalue weighted by Gasteiger charge is 2.30. The maximum Gasteiger partial charge on any atom is 0.573 e. The van der Waals surface area contributed by atoms with Crippen LogP contribution in [0.2, 0.25) is 0 Å². The maximum absolute atomic E-state index is 12.2. The van der Waals surface area contributed by atoms with Crippen molar-refractivity contribution < 1.29 is 22.7 Å². The first kappa shape index (κ1) is 19.9. The summed E-state index contributed by atoms with van der Waals surface area (Å²) in [6.07, 6.45) is -3.48. The van der Waals surface area contributed by atoms with E-state index in [-0.39, 0.29) is 23.0 Å². The predicted octanol–water partition coefficient (Wildman–Crippen LogP) is 4.65. The van der Waals surface area contributed by atoms with Crippen molar-refractivity contribution in [1.29, 1.82) is 0 Å². The first-order valence-corrected chi connectivity index (χ1v) is 8.32. The number of rotatable bonds is 6. The molecule has 0 saturated heterocycles. The summed E-state index contributed by atoms with van der Waals surface area (Å²) in [6, 6.07) is 11.9. The molecule has 0 aliphatic heterocycles. The van der Waals surface area contributed by atoms with Gasteiger partial charge in [0, 0.05) is 16.9 Å². The van der Waals surface area contributed by atoms with Gasteiger partial charge in [-0.25, -0.2) is 9.97 Å². The van der Waals surface area contributed by atoms with Crippen molar-refractivity contribution in [2.45, 2.75) is 13.3 Å². The number of ether oxygens (including phenoxy) is 1. The van der Waals surface area contributed by atoms with Crippen LogP contribution in [0.5, 0.6) is 5.75 Å². The van der Waals surface area contributed by atoms with Crippen molar-refractivity contribution >= 4 is 34.5 Å². The number of hydrogen-bond acceptors (Lipinski definition) is 7. The van der Waals surface area contributed by atoms with Crippen LogP contribution in [-0.4, -0.2) is 22.1 Å². The Labute approximate surface area is 163 Å². The van der Waals surface area contributed by atoms with E-state index in [0.29, 0.717) is 22.8 Å². The molecule has 29 heavy (non-hydrogen) atoms. The molecule has 0 amide bonds. The highest BCUT2D eigenvalue weighted by atomic mass is 19.4. The van der Waals surface area contributed by atoms with Gasteiger partial charge in [0.05, 0.1) is 0 Å². The lowest BCUT2D eigenvalue weighted by Gasteiger charge is -2.13. The summed E-state index contributed by atoms with van der Waals surface area (Å²) in [4.78, 5) is 19.7. The molecular weight excluding hydrogens is 387 g/mol. The number of nitrogens with two attached hydrogens (primary N) is 1. The molecule has 0 fully saturated rings. The molecule has 0 bridgehead atoms. The van der Waals surface area contributed by atoms with Gasteiger partial charge < -0.3 is 21.1 Å². The van der Waals surface area contributed by atoms with Gasteiger partial charge in [-0.15, -0.1) is 13.2 Å². The molecule has 2 aromatic carbocycles. The Morgan fingerprint density at radius 1 is 1.00 bits per heavy atom. The van der Waals surface area contributed by atoms with Crippen LogP contribution in [0.3, 0.4) is 0 Å². The first-order chi connectivity index (χ1) is 13.7. The van der Waals surface area contributed by atoms with Crippen molar-refractivity contribution in [3.63, 3.8) is 0 Å². The molecule has 0 atom stereocenters. The van der Waals surface area contributed by atoms with Gasteiger partial charge in [0.15, 0.2) is 17.4 Å². The van der Waals surface area contributed by atoms with Gasteiger partial charge in [-0.2, -0.15) is 0 Å². The number of halogens is 3. The fourth-order valence-electron chi connectivity index (χ4n) is 2.42. The molecular formula is C19H16F3N5O2. The average molecular weight is 403 g/mol. The number of benzene rings is 2. The second-order valence-corrected chi connectivity index (χ2v) is 5.94. The molecule has 1 heterocycles. The number of alkyl halides is 3. The third-order valence-corrected chi connectivity index (χ3v) is 3.77. The van der Waals surface area contributed by atoms with Crippen LogP contribution in [0.1, 0.15) is 17.3 Å². The SMILES string of the molecule is CC(=O)c1cccc(Nc2ncnc(Nc3ccc(OC(F)(F)F)cc3)c2N)c1. The first-order valence-electron chi connectivity index (χ1n) is 8.32. The Bertz CT molecular complexity index is 1020. The minimum atomic E-state index is -4.76. The van der Waals surface area contributed by atoms with E-state index in [4.69, 9.17) is 5.73 Å². The molecule has 4 N–H and O–H groups in total. The summed E-state index contributed by atoms with van der Waals surface area (Å²) in [5.74, 6) is 0.144. The fourth-order valence-corrected chi connectivity index (χ4v) is 2.42. The maximum atomic E-state index is 12.2. The molecule has 0 saturated carbocycles. The van der Waals surface area contributed by atoms with Gasteiger partial charge in [-0.1, -0.05) is 12.1 Å². The molecule has 0 radical (unpaired) electrons. The van der Waals surface area contributed by atoms with Gasteiger partial charge in [0.2, 0.25) is 0 Å². The van der Waals surface area contributed by atoms with Gasteiger partial charge in [-0.3, -0.25) is 4.79 Å². The number of hydrogen-bond donors (Lipinski definition) is 3. The minimum Gasteiger partial charge on any atom is -0.406 e. The van der Waals surface area contributed by atoms with Gasteiger partial charge in [-0.05, 0) is 43.3 Å². The molecule has 150 valence electrons. The standard InChI is InChI=1S/C19H16F3N5O2/c1-11(28)12-3-2-4-14(9-12)27-18-16(23)17(24-10-25-18)26-13-5-7-15(8-6-13)29-19(20,21)22/h2-10H,23H2,1H3,(H2,24,25,26,27). The van der Waals surface area contributed by atoms with E-state index in [9.17, 15) is 18.0 Å². The smallest absolute Gasteiger partial charge is 0.406 e. The lowest BCUT2D eigenvalue weighted by Crippen LogP contribution is -2.17. The van der Waals surface area contributed by atoms with Crippen molar-refractivity contribution in [2.75, 3.05) is 16.4 Å². The number of ketones is 1. The second-order valence-electron chi connectivity index (χ2n) is 5.94. The largest absolute Gasteiger partial charge is 0.573 e. The van der Waals surface area contributed by atoms with Crippen LogP contribution in [0.4, 0.5) is 41.9 Å². The molecule has 0 unspecified atom stereocenters. The minimum absolute atomic E-state index is 0.0791. The number of nitrogens with zero attached hydrogens (tertiary/aromatic N) is 2. The van der Waals surface area contributed by atoms with Crippen LogP contribution in [0.25, 0.3) is 0 Å². The number of nitrogens with one attached hydrogen (secondary N) is 2. The normalized spacial score (nSPS) is 11.0. The van der Waals surface area contributed by atoms with Crippen LogP contribution in [0, 0.1) is 0 Å². The van der Waals surface area contributed by atoms with Crippen LogP contribution >= 0.6 is 0 Å². The number of carbonyl (C=O) groups excluding carboxylic acids is 1. The van der Waals surface area contributed by atoms with Gasteiger partial charge in [0.1, 0.15) is 17.8 Å². The lowest BCUT2D eigenvalue weighted by atomic mass is 10.1. The van der Waals surface area contributed by atoms with Crippen molar-refractivity contribution in [3.05, 3.63) is 60.4 Å². The van der Waals surface area contributed by atoms with Gasteiger partial charge in [0.25, 0.3) is 0 Å². The molecule has 1 aromatic heterocycles. The number of carbonyl (C=O) groups is 1. The predicted molar refractivity (Wildman–Crippen MR) is 103 cm³/mol. The average Bonchev–Trinajstić information content (AvgIpc) is 2.65. The zero-order valence-electron chi connectivity index (χ0n) is 15.1. The quantitative estimate of drug-likeness (QED) is 0.515. The Morgan fingerprint density at radius 3 is 2.21 bits per heavy atom. The van der Waals surface area contributed by atoms with Crippen molar-refractivity contribution in [2.24, 2.45) is 0 Å². The molecule has 3 rings (SSSR count). The molecule has 0 aliphatic rings. The summed E-state index contributed by atoms with van der Waals surface area (Å²) in [5, 5.41) is 5.93. The van der Waals surface area contributed by atoms with Crippen molar-refractivity contribution in [1.82, 2.24) is 9.97 Å². The van der Waals surface area contributed by atoms with E-state index in [1.165, 1.54) is 37.5 Å². The zero-order valence-corrected chi connectivity index (χ0v) is 15.1. The molecule has 3 aromatic rings. The summed E-state index contributed by atoms with van der Waals surface area (Å²) < 4.78 is 40.5. The monoisotopic (exact) mass is 403 g/mol. The number of aromatic nitrogens is 2. The fraction of sp³-hybridized carbons (Fsp3) is 0.105. The van der Waals surface area contributed by atoms with Crippen molar-refractivity contribution in [3.8, 4) is 5.75 Å². The Kier molecular flexibility index (Phi) is 5.53. The van der Waals surface area contributed by atoms with Crippen LogP contribution in [-0.2, 0) is 0 Å². The van der Waals surface area contributed by atoms with Crippen LogP contribution in [0.15, 0.2) is 54.9 Å². The Morgan fingerprint density at radius 2 is 1.62 bits per heavy atom. The highest BCUT2D eigenvalue weighted by Crippen LogP contribution is 2.30. The molecule has 7 nitrogen and oxygen atoms in total. The zero-order chi connectivity index (χ0) is 21.0. The molecule has 0 spiro atoms. The number of nitrogen functional groups attached to an aromatic ring is 1. The van der Waals surface area contributed by atoms with E-state index in [1.807, 2.05) is 0 Å². The number of Topliss-reactive ketones (excluding diaryl/α,β-unsaturated/α-hetero) is 1. The topological polar surface area (TPSA) is 102 Å². The Hall–Kier alpha value is -3.82. The van der Waals surface area contributed by atoms with Gasteiger partial charge >= 0.3 is 6.36 Å². The van der Waals surface area contributed by atoms with E-state index >= 15 is 0 Å². The summed E-state index contributed by atoms with van der Waals surface area (Å²) >= 11 is 0. The second kappa shape index (κ2) is 8.05. The lowest BCUT2D eigenvalue weighted by molar-refractivity contribution is -0.274. The Balaban J connectivity index is 1.77. The van der Waals surface area contributed by atoms with Crippen LogP contribution < -0.4 is 21.1 Å². The summed E-state index contributed by atoms with van der Waals surface area (Å²) in [7, 11) is 0. The summed E-state index contributed by atoms with van der Waals surface area (Å²) in [6.45, 7) is 1.46. The summed E-state index contributed by atoms with van der Waals surface area (Å²) in [5.41, 5.74) is 7.89. The van der Waals surface area contributed by atoms with E-state index in [2.05, 4.69) is 25.3 Å². The molecule has 10 heteroatoms. The third kappa shape index (κ3) is 5.34.